The summed E-state index contributed by atoms with van der Waals surface area (Å²) in [6.07, 6.45) is 17.7. The molecular formula is C32H56N3O4+. The zero-order chi connectivity index (χ0) is 28.3. The minimum atomic E-state index is -0.502. The van der Waals surface area contributed by atoms with Crippen LogP contribution >= 0.6 is 0 Å². The van der Waals surface area contributed by atoms with Gasteiger partial charge in [0.05, 0.1) is 24.6 Å². The smallest absolute Gasteiger partial charge is 0.407 e. The number of nitrogens with one attached hydrogen (secondary N) is 2. The number of hydrogen-bond acceptors (Lipinski definition) is 5. The SMILES string of the molecule is CCCCCCC[C@H]1C[C@H]2CC[C@H]3C(C(=O)OCCCCNC(=O)OC(C)(C)C)=C(CCCCC)CC(=[N+]23)N1. The molecule has 0 aromatic rings. The van der Waals surface area contributed by atoms with Gasteiger partial charge in [0.15, 0.2) is 0 Å². The van der Waals surface area contributed by atoms with E-state index in [1.54, 1.807) is 0 Å². The summed E-state index contributed by atoms with van der Waals surface area (Å²) in [5, 5.41) is 6.70. The number of carbonyl (C=O) groups is 2. The van der Waals surface area contributed by atoms with Crippen molar-refractivity contribution in [3.63, 3.8) is 0 Å². The summed E-state index contributed by atoms with van der Waals surface area (Å²) in [5.41, 5.74) is 1.75. The van der Waals surface area contributed by atoms with Crippen LogP contribution in [0.5, 0.6) is 0 Å². The molecule has 2 N–H and O–H groups in total. The van der Waals surface area contributed by atoms with E-state index in [2.05, 4.69) is 29.1 Å². The lowest BCUT2D eigenvalue weighted by molar-refractivity contribution is -0.579. The van der Waals surface area contributed by atoms with E-state index in [4.69, 9.17) is 9.47 Å². The van der Waals surface area contributed by atoms with Crippen molar-refractivity contribution in [1.82, 2.24) is 10.6 Å². The average molecular weight is 547 g/mol. The van der Waals surface area contributed by atoms with E-state index < -0.39 is 11.7 Å². The molecule has 0 aromatic heterocycles. The predicted molar refractivity (Wildman–Crippen MR) is 157 cm³/mol. The molecule has 7 nitrogen and oxygen atoms in total. The van der Waals surface area contributed by atoms with E-state index in [1.807, 2.05) is 20.8 Å². The molecule has 1 saturated heterocycles. The van der Waals surface area contributed by atoms with Crippen molar-refractivity contribution in [2.75, 3.05) is 13.2 Å². The number of esters is 1. The lowest BCUT2D eigenvalue weighted by Gasteiger charge is -2.34. The third-order valence-electron chi connectivity index (χ3n) is 8.27. The third-order valence-corrected chi connectivity index (χ3v) is 8.27. The van der Waals surface area contributed by atoms with Crippen molar-refractivity contribution in [3.05, 3.63) is 11.1 Å². The highest BCUT2D eigenvalue weighted by atomic mass is 16.6. The minimum Gasteiger partial charge on any atom is -0.462 e. The molecule has 3 heterocycles. The van der Waals surface area contributed by atoms with Crippen LogP contribution in [0.3, 0.4) is 0 Å². The molecule has 0 bridgehead atoms. The summed E-state index contributed by atoms with van der Waals surface area (Å²) in [4.78, 5) is 25.3. The van der Waals surface area contributed by atoms with Gasteiger partial charge < -0.3 is 14.8 Å². The van der Waals surface area contributed by atoms with Crippen molar-refractivity contribution in [1.29, 1.82) is 0 Å². The molecule has 222 valence electrons. The molecule has 39 heavy (non-hydrogen) atoms. The van der Waals surface area contributed by atoms with Gasteiger partial charge >= 0.3 is 12.1 Å². The molecule has 0 spiro atoms. The summed E-state index contributed by atoms with van der Waals surface area (Å²) in [6.45, 7) is 10.9. The Morgan fingerprint density at radius 2 is 1.72 bits per heavy atom. The molecule has 3 rings (SSSR count). The zero-order valence-electron chi connectivity index (χ0n) is 25.5. The van der Waals surface area contributed by atoms with Crippen molar-refractivity contribution >= 4 is 17.9 Å². The van der Waals surface area contributed by atoms with Crippen molar-refractivity contribution in [2.45, 2.75) is 161 Å². The number of carbonyl (C=O) groups excluding carboxylic acids is 2. The molecule has 0 radical (unpaired) electrons. The Morgan fingerprint density at radius 1 is 0.974 bits per heavy atom. The van der Waals surface area contributed by atoms with Gasteiger partial charge in [-0.25, -0.2) is 9.59 Å². The first kappa shape index (κ1) is 31.5. The number of amides is 1. The molecule has 1 fully saturated rings. The maximum absolute atomic E-state index is 13.5. The maximum Gasteiger partial charge on any atom is 0.407 e. The maximum atomic E-state index is 13.5. The Hall–Kier alpha value is -2.05. The second-order valence-electron chi connectivity index (χ2n) is 12.8. The van der Waals surface area contributed by atoms with Gasteiger partial charge in [-0.1, -0.05) is 52.4 Å². The topological polar surface area (TPSA) is 79.7 Å². The highest BCUT2D eigenvalue weighted by Crippen LogP contribution is 2.38. The van der Waals surface area contributed by atoms with Crippen molar-refractivity contribution < 1.29 is 23.6 Å². The molecule has 0 unspecified atom stereocenters. The monoisotopic (exact) mass is 546 g/mol. The quantitative estimate of drug-likeness (QED) is 0.127. The fourth-order valence-corrected chi connectivity index (χ4v) is 6.43. The lowest BCUT2D eigenvalue weighted by atomic mass is 9.89. The minimum absolute atomic E-state index is 0.121. The molecule has 1 amide bonds. The number of amidine groups is 1. The summed E-state index contributed by atoms with van der Waals surface area (Å²) in [5.74, 6) is 1.24. The molecule has 3 aliphatic heterocycles. The van der Waals surface area contributed by atoms with E-state index in [0.717, 1.165) is 50.5 Å². The third kappa shape index (κ3) is 9.82. The molecule has 7 heteroatoms. The van der Waals surface area contributed by atoms with E-state index in [9.17, 15) is 9.59 Å². The van der Waals surface area contributed by atoms with Gasteiger partial charge in [-0.15, -0.1) is 0 Å². The van der Waals surface area contributed by atoms with Gasteiger partial charge in [-0.3, -0.25) is 9.89 Å². The average Bonchev–Trinajstić information content (AvgIpc) is 3.29. The number of alkyl carbamates (subject to hydrolysis) is 1. The first-order chi connectivity index (χ1) is 18.7. The van der Waals surface area contributed by atoms with Crippen LogP contribution in [0.2, 0.25) is 0 Å². The molecule has 0 aromatic carbocycles. The van der Waals surface area contributed by atoms with E-state index >= 15 is 0 Å². The first-order valence-electron chi connectivity index (χ1n) is 16.0. The van der Waals surface area contributed by atoms with E-state index in [1.165, 1.54) is 69.2 Å². The number of nitrogens with zero attached hydrogens (tertiary/aromatic N) is 1. The fraction of sp³-hybridized carbons (Fsp3) is 0.844. The van der Waals surface area contributed by atoms with Crippen LogP contribution in [0.25, 0.3) is 0 Å². The van der Waals surface area contributed by atoms with Gasteiger partial charge in [0.2, 0.25) is 5.84 Å². The Morgan fingerprint density at radius 3 is 2.46 bits per heavy atom. The van der Waals surface area contributed by atoms with Crippen LogP contribution in [-0.4, -0.2) is 59.4 Å². The second-order valence-corrected chi connectivity index (χ2v) is 12.8. The van der Waals surface area contributed by atoms with Crippen molar-refractivity contribution in [2.24, 2.45) is 0 Å². The molecule has 0 aliphatic carbocycles. The molecule has 3 aliphatic rings. The summed E-state index contributed by atoms with van der Waals surface area (Å²) in [6, 6.07) is 1.28. The number of rotatable bonds is 16. The van der Waals surface area contributed by atoms with Gasteiger partial charge in [0.1, 0.15) is 17.7 Å². The fourth-order valence-electron chi connectivity index (χ4n) is 6.43. The molecule has 0 saturated carbocycles. The number of unbranched alkanes of at least 4 members (excludes halogenated alkanes) is 7. The normalized spacial score (nSPS) is 22.4. The summed E-state index contributed by atoms with van der Waals surface area (Å²) in [7, 11) is 0. The highest BCUT2D eigenvalue weighted by Gasteiger charge is 2.48. The van der Waals surface area contributed by atoms with Crippen LogP contribution in [0.1, 0.15) is 137 Å². The van der Waals surface area contributed by atoms with Gasteiger partial charge in [-0.2, -0.15) is 0 Å². The highest BCUT2D eigenvalue weighted by molar-refractivity contribution is 5.94. The predicted octanol–water partition coefficient (Wildman–Crippen LogP) is 6.78. The Kier molecular flexibility index (Phi) is 12.6. The summed E-state index contributed by atoms with van der Waals surface area (Å²) >= 11 is 0. The van der Waals surface area contributed by atoms with Crippen LogP contribution in [-0.2, 0) is 14.3 Å². The van der Waals surface area contributed by atoms with Crippen molar-refractivity contribution in [3.8, 4) is 0 Å². The second kappa shape index (κ2) is 15.7. The van der Waals surface area contributed by atoms with E-state index in [0.29, 0.717) is 25.2 Å². The van der Waals surface area contributed by atoms with E-state index in [-0.39, 0.29) is 12.0 Å². The van der Waals surface area contributed by atoms with Crippen LogP contribution in [0.15, 0.2) is 11.1 Å². The van der Waals surface area contributed by atoms with Gasteiger partial charge in [0.25, 0.3) is 0 Å². The van der Waals surface area contributed by atoms with Gasteiger partial charge in [-0.05, 0) is 77.7 Å². The number of hydrogen-bond donors (Lipinski definition) is 2. The lowest BCUT2D eigenvalue weighted by Crippen LogP contribution is -2.54. The van der Waals surface area contributed by atoms with Crippen LogP contribution < -0.4 is 10.6 Å². The first-order valence-corrected chi connectivity index (χ1v) is 16.0. The summed E-state index contributed by atoms with van der Waals surface area (Å²) < 4.78 is 13.7. The number of ether oxygens (including phenoxy) is 2. The Bertz CT molecular complexity index is 873. The zero-order valence-corrected chi connectivity index (χ0v) is 25.5. The van der Waals surface area contributed by atoms with Crippen LogP contribution in [0, 0.1) is 0 Å². The Labute approximate surface area is 237 Å². The molecule has 3 atom stereocenters. The molecular weight excluding hydrogens is 490 g/mol. The standard InChI is InChI=1S/C32H55N3O4/c1-6-8-10-11-13-17-25-23-26-18-19-27-29(24(16-12-9-7-2)22-28(34-25)35(26)27)30(36)38-21-15-14-20-33-31(37)39-32(3,4)5/h25-27H,6-23H2,1-5H3,(H,33,37)/p+1/t25-,26+,27-/m0/s1. The van der Waals surface area contributed by atoms with Gasteiger partial charge in [0, 0.05) is 13.0 Å². The largest absolute Gasteiger partial charge is 0.462 e. The van der Waals surface area contributed by atoms with Crippen LogP contribution in [0.4, 0.5) is 4.79 Å². The Balaban J connectivity index is 1.55.